The summed E-state index contributed by atoms with van der Waals surface area (Å²) in [5.41, 5.74) is 2.66. The fraction of sp³-hybridized carbons (Fsp3) is 0.241. The quantitative estimate of drug-likeness (QED) is 0.238. The monoisotopic (exact) mass is 617 g/mol. The van der Waals surface area contributed by atoms with Crippen LogP contribution in [0.2, 0.25) is 5.02 Å². The number of nitrogens with one attached hydrogen (secondary N) is 3. The van der Waals surface area contributed by atoms with Gasteiger partial charge in [-0.1, -0.05) is 23.7 Å². The Morgan fingerprint density at radius 2 is 1.93 bits per heavy atom. The van der Waals surface area contributed by atoms with Crippen molar-refractivity contribution < 1.29 is 19.1 Å². The summed E-state index contributed by atoms with van der Waals surface area (Å²) in [6.45, 7) is 2.63. The molecule has 1 saturated heterocycles. The van der Waals surface area contributed by atoms with Crippen LogP contribution >= 0.6 is 11.6 Å². The van der Waals surface area contributed by atoms with Crippen LogP contribution in [-0.2, 0) is 14.3 Å². The summed E-state index contributed by atoms with van der Waals surface area (Å²) in [7, 11) is 1.26. The average molecular weight is 618 g/mol. The molecule has 3 N–H and O–H groups in total. The maximum Gasteiger partial charge on any atom is 0.411 e. The molecule has 0 spiro atoms. The van der Waals surface area contributed by atoms with Gasteiger partial charge in [0.25, 0.3) is 5.56 Å². The summed E-state index contributed by atoms with van der Waals surface area (Å²) in [5, 5.41) is 24.0. The van der Waals surface area contributed by atoms with E-state index < -0.39 is 23.6 Å². The second-order valence-corrected chi connectivity index (χ2v) is 10.5. The molecule has 1 atom stereocenters. The number of aromatic amines is 1. The SMILES string of the molecule is COC(=O)Nc1ccc(-c2cc(C(CC3CN(C(C)=O)C3)NC(=O)C=Cc3cc(Cl)ccc3-n3cnnn3)n[nH]c2=O)cc1. The number of carbonyl (C=O) groups excluding carboxylic acids is 3. The van der Waals surface area contributed by atoms with Crippen LogP contribution in [0, 0.1) is 5.92 Å². The molecule has 0 radical (unpaired) electrons. The van der Waals surface area contributed by atoms with Crippen molar-refractivity contribution in [3.8, 4) is 16.8 Å². The van der Waals surface area contributed by atoms with Crippen LogP contribution in [0.25, 0.3) is 22.9 Å². The van der Waals surface area contributed by atoms with Crippen molar-refractivity contribution in [2.45, 2.75) is 19.4 Å². The Kier molecular flexibility index (Phi) is 9.09. The van der Waals surface area contributed by atoms with E-state index in [1.807, 2.05) is 0 Å². The van der Waals surface area contributed by atoms with Gasteiger partial charge in [-0.05, 0) is 70.8 Å². The summed E-state index contributed by atoms with van der Waals surface area (Å²) >= 11 is 6.20. The predicted octanol–water partition coefficient (Wildman–Crippen LogP) is 2.98. The van der Waals surface area contributed by atoms with Crippen molar-refractivity contribution in [1.29, 1.82) is 0 Å². The molecular weight excluding hydrogens is 590 g/mol. The van der Waals surface area contributed by atoms with Gasteiger partial charge in [-0.3, -0.25) is 19.7 Å². The number of likely N-dealkylation sites (tertiary alicyclic amines) is 1. The molecule has 44 heavy (non-hydrogen) atoms. The molecule has 2 aromatic carbocycles. The third kappa shape index (κ3) is 7.15. The second-order valence-electron chi connectivity index (χ2n) is 10.1. The molecule has 5 rings (SSSR count). The van der Waals surface area contributed by atoms with Gasteiger partial charge in [0.1, 0.15) is 6.33 Å². The van der Waals surface area contributed by atoms with Gasteiger partial charge in [-0.2, -0.15) is 9.78 Å². The van der Waals surface area contributed by atoms with E-state index in [0.29, 0.717) is 58.3 Å². The Morgan fingerprint density at radius 3 is 2.61 bits per heavy atom. The van der Waals surface area contributed by atoms with Gasteiger partial charge in [-0.25, -0.2) is 9.89 Å². The minimum absolute atomic E-state index is 0.0146. The summed E-state index contributed by atoms with van der Waals surface area (Å²) < 4.78 is 6.06. The first-order valence-corrected chi connectivity index (χ1v) is 13.9. The van der Waals surface area contributed by atoms with Crippen molar-refractivity contribution in [1.82, 2.24) is 40.6 Å². The lowest BCUT2D eigenvalue weighted by Gasteiger charge is -2.40. The number of nitrogens with zero attached hydrogens (tertiary/aromatic N) is 6. The van der Waals surface area contributed by atoms with E-state index >= 15 is 0 Å². The zero-order chi connectivity index (χ0) is 31.2. The van der Waals surface area contributed by atoms with Crippen LogP contribution in [0.15, 0.2) is 65.7 Å². The van der Waals surface area contributed by atoms with Crippen LogP contribution in [0.5, 0.6) is 0 Å². The van der Waals surface area contributed by atoms with E-state index in [2.05, 4.69) is 41.1 Å². The van der Waals surface area contributed by atoms with Crippen LogP contribution in [-0.4, -0.2) is 73.4 Å². The number of anilines is 1. The Bertz CT molecular complexity index is 1750. The van der Waals surface area contributed by atoms with Gasteiger partial charge in [0, 0.05) is 42.4 Å². The Hall–Kier alpha value is -5.37. The maximum absolute atomic E-state index is 13.2. The average Bonchev–Trinajstić information content (AvgIpc) is 3.52. The summed E-state index contributed by atoms with van der Waals surface area (Å²) in [5.74, 6) is -0.305. The fourth-order valence-electron chi connectivity index (χ4n) is 4.80. The number of hydrogen-bond donors (Lipinski definition) is 3. The number of halogens is 1. The molecule has 2 aromatic heterocycles. The lowest BCUT2D eigenvalue weighted by molar-refractivity contribution is -0.135. The van der Waals surface area contributed by atoms with Crippen LogP contribution in [0.4, 0.5) is 10.5 Å². The summed E-state index contributed by atoms with van der Waals surface area (Å²) in [6.07, 6.45) is 4.27. The van der Waals surface area contributed by atoms with Crippen LogP contribution in [0.1, 0.15) is 30.6 Å². The molecular formula is C29H28ClN9O5. The fourth-order valence-corrected chi connectivity index (χ4v) is 4.98. The molecule has 4 aromatic rings. The molecule has 1 unspecified atom stereocenters. The number of hydrogen-bond acceptors (Lipinski definition) is 9. The van der Waals surface area contributed by atoms with Gasteiger partial charge in [0.05, 0.1) is 30.1 Å². The van der Waals surface area contributed by atoms with Gasteiger partial charge >= 0.3 is 6.09 Å². The molecule has 1 fully saturated rings. The first kappa shape index (κ1) is 30.1. The number of rotatable bonds is 9. The first-order chi connectivity index (χ1) is 21.2. The second kappa shape index (κ2) is 13.3. The third-order valence-corrected chi connectivity index (χ3v) is 7.33. The minimum atomic E-state index is -0.615. The number of aromatic nitrogens is 6. The first-order valence-electron chi connectivity index (χ1n) is 13.5. The topological polar surface area (TPSA) is 177 Å². The molecule has 14 nitrogen and oxygen atoms in total. The van der Waals surface area contributed by atoms with E-state index in [4.69, 9.17) is 11.6 Å². The molecule has 0 aliphatic carbocycles. The number of carbonyl (C=O) groups is 3. The van der Waals surface area contributed by atoms with Gasteiger partial charge in [0.15, 0.2) is 0 Å². The highest BCUT2D eigenvalue weighted by atomic mass is 35.5. The maximum atomic E-state index is 13.2. The van der Waals surface area contributed by atoms with Crippen LogP contribution < -0.4 is 16.2 Å². The van der Waals surface area contributed by atoms with Crippen LogP contribution in [0.3, 0.4) is 0 Å². The van der Waals surface area contributed by atoms with E-state index in [-0.39, 0.29) is 11.8 Å². The van der Waals surface area contributed by atoms with Crippen molar-refractivity contribution in [2.24, 2.45) is 5.92 Å². The highest BCUT2D eigenvalue weighted by molar-refractivity contribution is 6.30. The highest BCUT2D eigenvalue weighted by Crippen LogP contribution is 2.29. The standard InChI is InChI=1S/C29H28ClN9O5/c1-17(40)38-14-18(15-38)11-24(33-27(41)10-5-20-12-21(30)6-9-26(20)39-16-31-36-37-39)25-13-23(28(42)35-34-25)19-3-7-22(8-4-19)32-29(43)44-2/h3-10,12-13,16,18,24H,11,14-15H2,1-2H3,(H,32,43)(H,33,41)(H,35,42). The molecule has 226 valence electrons. The van der Waals surface area contributed by atoms with Gasteiger partial charge in [-0.15, -0.1) is 5.10 Å². The molecule has 1 aliphatic heterocycles. The zero-order valence-corrected chi connectivity index (χ0v) is 24.5. The number of ether oxygens (including phenoxy) is 1. The predicted molar refractivity (Wildman–Crippen MR) is 161 cm³/mol. The molecule has 0 bridgehead atoms. The molecule has 15 heteroatoms. The number of methoxy groups -OCH3 is 1. The molecule has 3 heterocycles. The summed E-state index contributed by atoms with van der Waals surface area (Å²) in [6, 6.07) is 12.8. The summed E-state index contributed by atoms with van der Waals surface area (Å²) in [4.78, 5) is 51.0. The van der Waals surface area contributed by atoms with Crippen molar-refractivity contribution >= 4 is 41.3 Å². The number of benzene rings is 2. The lowest BCUT2D eigenvalue weighted by atomic mass is 9.90. The Balaban J connectivity index is 1.39. The van der Waals surface area contributed by atoms with Gasteiger partial charge < -0.3 is 15.0 Å². The molecule has 1 aliphatic rings. The molecule has 3 amide bonds. The molecule has 0 saturated carbocycles. The van der Waals surface area contributed by atoms with E-state index in [9.17, 15) is 19.2 Å². The van der Waals surface area contributed by atoms with Gasteiger partial charge in [0.2, 0.25) is 11.8 Å². The Labute approximate surface area is 256 Å². The van der Waals surface area contributed by atoms with Crippen molar-refractivity contribution in [3.63, 3.8) is 0 Å². The largest absolute Gasteiger partial charge is 0.453 e. The number of H-pyrrole nitrogens is 1. The Morgan fingerprint density at radius 1 is 1.16 bits per heavy atom. The minimum Gasteiger partial charge on any atom is -0.453 e. The third-order valence-electron chi connectivity index (χ3n) is 7.10. The van der Waals surface area contributed by atoms with E-state index in [1.54, 1.807) is 59.5 Å². The normalized spacial score (nSPS) is 13.8. The van der Waals surface area contributed by atoms with E-state index in [0.717, 1.165) is 0 Å². The smallest absolute Gasteiger partial charge is 0.411 e. The zero-order valence-electron chi connectivity index (χ0n) is 23.7. The number of tetrazole rings is 1. The lowest BCUT2D eigenvalue weighted by Crippen LogP contribution is -2.50. The van der Waals surface area contributed by atoms with Crippen molar-refractivity contribution in [3.05, 3.63) is 87.6 Å². The number of amides is 3. The van der Waals surface area contributed by atoms with E-state index in [1.165, 1.54) is 31.1 Å². The van der Waals surface area contributed by atoms with Crippen molar-refractivity contribution in [2.75, 3.05) is 25.5 Å². The highest BCUT2D eigenvalue weighted by Gasteiger charge is 2.32.